The van der Waals surface area contributed by atoms with Crippen LogP contribution in [0.5, 0.6) is 0 Å². The number of benzene rings is 2. The number of ether oxygens (including phenoxy) is 1. The molecule has 2 aromatic carbocycles. The first-order valence-electron chi connectivity index (χ1n) is 12.4. The summed E-state index contributed by atoms with van der Waals surface area (Å²) in [4.78, 5) is 21.7. The van der Waals surface area contributed by atoms with E-state index in [9.17, 15) is 22.0 Å². The van der Waals surface area contributed by atoms with Gasteiger partial charge in [-0.3, -0.25) is 14.6 Å². The van der Waals surface area contributed by atoms with E-state index in [0.29, 0.717) is 24.3 Å². The molecule has 0 saturated carbocycles. The lowest BCUT2D eigenvalue weighted by Gasteiger charge is -2.27. The highest BCUT2D eigenvalue weighted by Gasteiger charge is 2.26. The number of fused-ring (bicyclic) bond motifs is 1. The fraction of sp³-hybridized carbons (Fsp3) is 0.333. The highest BCUT2D eigenvalue weighted by atomic mass is 32.2. The summed E-state index contributed by atoms with van der Waals surface area (Å²) in [5.74, 6) is -1.94. The third-order valence-electron chi connectivity index (χ3n) is 6.24. The molecule has 8 nitrogen and oxygen atoms in total. The molecular formula is C27H30F2N4O4S2. The number of thiazole rings is 1. The molecule has 1 amide bonds. The van der Waals surface area contributed by atoms with E-state index in [0.717, 1.165) is 37.0 Å². The van der Waals surface area contributed by atoms with Crippen molar-refractivity contribution in [1.29, 1.82) is 0 Å². The summed E-state index contributed by atoms with van der Waals surface area (Å²) >= 11 is 1.02. The van der Waals surface area contributed by atoms with E-state index in [1.807, 2.05) is 0 Å². The average Bonchev–Trinajstić information content (AvgIpc) is 3.35. The number of hydrogen-bond acceptors (Lipinski definition) is 7. The Morgan fingerprint density at radius 3 is 2.41 bits per heavy atom. The molecule has 0 bridgehead atoms. The van der Waals surface area contributed by atoms with Crippen molar-refractivity contribution in [2.45, 2.75) is 11.3 Å². The second kappa shape index (κ2) is 12.9. The quantitative estimate of drug-likeness (QED) is 0.299. The predicted molar refractivity (Wildman–Crippen MR) is 149 cm³/mol. The molecule has 39 heavy (non-hydrogen) atoms. The van der Waals surface area contributed by atoms with Gasteiger partial charge < -0.3 is 4.74 Å². The van der Waals surface area contributed by atoms with Crippen LogP contribution in [0.2, 0.25) is 0 Å². The summed E-state index contributed by atoms with van der Waals surface area (Å²) in [7, 11) is -3.83. The molecule has 0 unspecified atom stereocenters. The van der Waals surface area contributed by atoms with Crippen LogP contribution in [-0.4, -0.2) is 81.0 Å². The largest absolute Gasteiger partial charge is 0.379 e. The lowest BCUT2D eigenvalue weighted by Crippen LogP contribution is -2.39. The Kier molecular flexibility index (Phi) is 9.57. The van der Waals surface area contributed by atoms with E-state index in [1.165, 1.54) is 51.7 Å². The van der Waals surface area contributed by atoms with Crippen LogP contribution in [0.3, 0.4) is 0 Å². The monoisotopic (exact) mass is 576 g/mol. The second-order valence-corrected chi connectivity index (χ2v) is 11.9. The minimum absolute atomic E-state index is 0.00616. The third kappa shape index (κ3) is 6.76. The van der Waals surface area contributed by atoms with Gasteiger partial charge in [-0.05, 0) is 36.8 Å². The van der Waals surface area contributed by atoms with Crippen molar-refractivity contribution in [1.82, 2.24) is 14.2 Å². The summed E-state index contributed by atoms with van der Waals surface area (Å²) in [5.41, 5.74) is 0.235. The van der Waals surface area contributed by atoms with E-state index in [4.69, 9.17) is 4.74 Å². The molecule has 2 heterocycles. The molecular weight excluding hydrogens is 546 g/mol. The van der Waals surface area contributed by atoms with E-state index in [-0.39, 0.29) is 40.7 Å². The molecule has 12 heteroatoms. The Hall–Kier alpha value is -3.03. The van der Waals surface area contributed by atoms with Crippen LogP contribution in [-0.2, 0) is 14.8 Å². The molecule has 0 radical (unpaired) electrons. The first kappa shape index (κ1) is 29.0. The Morgan fingerprint density at radius 1 is 1.10 bits per heavy atom. The van der Waals surface area contributed by atoms with Gasteiger partial charge >= 0.3 is 0 Å². The number of nitrogens with zero attached hydrogens (tertiary/aromatic N) is 4. The number of hydrogen-bond donors (Lipinski definition) is 0. The van der Waals surface area contributed by atoms with E-state index in [1.54, 1.807) is 0 Å². The van der Waals surface area contributed by atoms with Crippen LogP contribution < -0.4 is 4.90 Å². The number of carbonyl (C=O) groups is 1. The number of sulfonamides is 1. The Balaban J connectivity index is 1.61. The van der Waals surface area contributed by atoms with Crippen molar-refractivity contribution in [3.8, 4) is 0 Å². The standard InChI is InChI=1S/C27H30F2N4O4S2/c1-3-10-32(11-4-2)39(35,36)22-8-6-20(7-9-22)26(34)33(13-5-12-31-14-16-37-17-15-31)27-30-25-23(29)18-21(28)19-24(25)38-27/h3-4,6-9,18-19H,1-2,5,10-17H2. The molecule has 0 spiro atoms. The minimum Gasteiger partial charge on any atom is -0.379 e. The number of halogens is 2. The molecule has 0 atom stereocenters. The Labute approximate surface area is 230 Å². The van der Waals surface area contributed by atoms with Crippen molar-refractivity contribution in [3.05, 3.63) is 78.9 Å². The molecule has 1 saturated heterocycles. The van der Waals surface area contributed by atoms with Gasteiger partial charge in [0.05, 0.1) is 22.8 Å². The molecule has 3 aromatic rings. The number of amides is 1. The van der Waals surface area contributed by atoms with Gasteiger partial charge in [-0.25, -0.2) is 22.2 Å². The number of carbonyl (C=O) groups excluding carboxylic acids is 1. The zero-order valence-electron chi connectivity index (χ0n) is 21.4. The molecule has 208 valence electrons. The first-order chi connectivity index (χ1) is 18.7. The van der Waals surface area contributed by atoms with Gasteiger partial charge in [0, 0.05) is 50.9 Å². The van der Waals surface area contributed by atoms with Crippen molar-refractivity contribution in [2.75, 3.05) is 57.4 Å². The Bertz CT molecular complexity index is 1430. The minimum atomic E-state index is -3.83. The van der Waals surface area contributed by atoms with E-state index in [2.05, 4.69) is 23.0 Å². The molecule has 1 aliphatic heterocycles. The van der Waals surface area contributed by atoms with Gasteiger partial charge in [-0.1, -0.05) is 23.5 Å². The SMILES string of the molecule is C=CCN(CC=C)S(=O)(=O)c1ccc(C(=O)N(CCCN2CCOCC2)c2nc3c(F)cc(F)cc3s2)cc1. The van der Waals surface area contributed by atoms with Gasteiger partial charge in [0.2, 0.25) is 10.0 Å². The zero-order chi connectivity index (χ0) is 28.0. The van der Waals surface area contributed by atoms with Crippen LogP contribution in [0.25, 0.3) is 10.2 Å². The lowest BCUT2D eigenvalue weighted by molar-refractivity contribution is 0.0376. The van der Waals surface area contributed by atoms with Crippen molar-refractivity contribution in [2.24, 2.45) is 0 Å². The van der Waals surface area contributed by atoms with E-state index < -0.39 is 27.6 Å². The molecule has 0 N–H and O–H groups in total. The summed E-state index contributed by atoms with van der Waals surface area (Å²) in [5, 5.41) is 0.237. The van der Waals surface area contributed by atoms with Gasteiger partial charge in [0.15, 0.2) is 10.9 Å². The lowest BCUT2D eigenvalue weighted by atomic mass is 10.2. The van der Waals surface area contributed by atoms with Crippen molar-refractivity contribution >= 4 is 42.6 Å². The topological polar surface area (TPSA) is 83.1 Å². The van der Waals surface area contributed by atoms with Gasteiger partial charge in [0.1, 0.15) is 11.3 Å². The fourth-order valence-electron chi connectivity index (χ4n) is 4.26. The maximum absolute atomic E-state index is 14.4. The fourth-order valence-corrected chi connectivity index (χ4v) is 6.67. The normalized spacial score (nSPS) is 14.5. The van der Waals surface area contributed by atoms with Crippen molar-refractivity contribution in [3.63, 3.8) is 0 Å². The summed E-state index contributed by atoms with van der Waals surface area (Å²) in [6, 6.07) is 7.59. The smallest absolute Gasteiger partial charge is 0.260 e. The summed E-state index contributed by atoms with van der Waals surface area (Å²) < 4.78 is 61.2. The van der Waals surface area contributed by atoms with E-state index >= 15 is 0 Å². The second-order valence-electron chi connectivity index (χ2n) is 8.92. The number of anilines is 1. The molecule has 4 rings (SSSR count). The molecule has 1 aromatic heterocycles. The van der Waals surface area contributed by atoms with Gasteiger partial charge in [0.25, 0.3) is 5.91 Å². The van der Waals surface area contributed by atoms with Crippen LogP contribution in [0.4, 0.5) is 13.9 Å². The number of morpholine rings is 1. The molecule has 1 fully saturated rings. The van der Waals surface area contributed by atoms with Crippen LogP contribution in [0.15, 0.2) is 66.6 Å². The zero-order valence-corrected chi connectivity index (χ0v) is 23.0. The molecule has 0 aliphatic carbocycles. The summed E-state index contributed by atoms with van der Waals surface area (Å²) in [6.07, 6.45) is 3.59. The first-order valence-corrected chi connectivity index (χ1v) is 14.7. The van der Waals surface area contributed by atoms with Crippen molar-refractivity contribution < 1.29 is 26.7 Å². The number of aromatic nitrogens is 1. The summed E-state index contributed by atoms with van der Waals surface area (Å²) in [6.45, 7) is 11.3. The maximum Gasteiger partial charge on any atom is 0.260 e. The highest BCUT2D eigenvalue weighted by molar-refractivity contribution is 7.89. The van der Waals surface area contributed by atoms with Crippen LogP contribution >= 0.6 is 11.3 Å². The molecule has 1 aliphatic rings. The van der Waals surface area contributed by atoms with Crippen LogP contribution in [0, 0.1) is 11.6 Å². The average molecular weight is 577 g/mol. The predicted octanol–water partition coefficient (Wildman–Crippen LogP) is 4.31. The Morgan fingerprint density at radius 2 is 1.77 bits per heavy atom. The maximum atomic E-state index is 14.4. The number of rotatable bonds is 12. The third-order valence-corrected chi connectivity index (χ3v) is 9.11. The highest BCUT2D eigenvalue weighted by Crippen LogP contribution is 2.32. The van der Waals surface area contributed by atoms with Crippen LogP contribution in [0.1, 0.15) is 16.8 Å². The van der Waals surface area contributed by atoms with Gasteiger partial charge in [-0.15, -0.1) is 13.2 Å². The van der Waals surface area contributed by atoms with Gasteiger partial charge in [-0.2, -0.15) is 4.31 Å².